The van der Waals surface area contributed by atoms with Crippen LogP contribution in [0.15, 0.2) is 0 Å². The molecule has 1 nitrogen and oxygen atoms in total. The summed E-state index contributed by atoms with van der Waals surface area (Å²) in [5, 5.41) is 0. The van der Waals surface area contributed by atoms with Gasteiger partial charge in [-0.1, -0.05) is 27.2 Å². The van der Waals surface area contributed by atoms with Crippen molar-refractivity contribution in [1.29, 1.82) is 0 Å². The zero-order valence-electron chi connectivity index (χ0n) is 8.06. The predicted molar refractivity (Wildman–Crippen MR) is 49.3 cm³/mol. The summed E-state index contributed by atoms with van der Waals surface area (Å²) in [6.07, 6.45) is 4.09. The Morgan fingerprint density at radius 1 is 1.36 bits per heavy atom. The highest BCUT2D eigenvalue weighted by Gasteiger charge is 2.34. The lowest BCUT2D eigenvalue weighted by Gasteiger charge is -2.41. The summed E-state index contributed by atoms with van der Waals surface area (Å²) in [5.74, 6) is 1.71. The van der Waals surface area contributed by atoms with Gasteiger partial charge in [-0.15, -0.1) is 0 Å². The smallest absolute Gasteiger partial charge is 0.00205 e. The van der Waals surface area contributed by atoms with Crippen LogP contribution in [0.5, 0.6) is 0 Å². The van der Waals surface area contributed by atoms with Gasteiger partial charge in [0.05, 0.1) is 0 Å². The van der Waals surface area contributed by atoms with Gasteiger partial charge < -0.3 is 5.73 Å². The molecule has 0 aromatic carbocycles. The summed E-state index contributed by atoms with van der Waals surface area (Å²) in [5.41, 5.74) is 6.22. The third kappa shape index (κ3) is 1.76. The van der Waals surface area contributed by atoms with Crippen LogP contribution in [0, 0.1) is 17.3 Å². The predicted octanol–water partition coefficient (Wildman–Crippen LogP) is 2.41. The van der Waals surface area contributed by atoms with Gasteiger partial charge in [-0.05, 0) is 36.6 Å². The minimum Gasteiger partial charge on any atom is -0.330 e. The van der Waals surface area contributed by atoms with E-state index >= 15 is 0 Å². The SMILES string of the molecule is C[C@@H]1CC[C@H](C)[C@](C)(CN)C1. The van der Waals surface area contributed by atoms with E-state index in [1.54, 1.807) is 0 Å². The first kappa shape index (κ1) is 9.05. The average molecular weight is 155 g/mol. The van der Waals surface area contributed by atoms with Crippen LogP contribution in [-0.2, 0) is 0 Å². The van der Waals surface area contributed by atoms with E-state index in [-0.39, 0.29) is 0 Å². The molecule has 1 aliphatic carbocycles. The summed E-state index contributed by atoms with van der Waals surface area (Å²) in [4.78, 5) is 0. The Labute approximate surface area is 70.4 Å². The Hall–Kier alpha value is -0.0400. The Morgan fingerprint density at radius 2 is 2.00 bits per heavy atom. The molecule has 1 aliphatic rings. The number of nitrogens with two attached hydrogens (primary N) is 1. The molecule has 0 spiro atoms. The minimum absolute atomic E-state index is 0.428. The van der Waals surface area contributed by atoms with Crippen molar-refractivity contribution in [2.24, 2.45) is 23.0 Å². The monoisotopic (exact) mass is 155 g/mol. The van der Waals surface area contributed by atoms with Crippen molar-refractivity contribution in [2.75, 3.05) is 6.54 Å². The van der Waals surface area contributed by atoms with Crippen LogP contribution in [-0.4, -0.2) is 6.54 Å². The summed E-state index contributed by atoms with van der Waals surface area (Å²) >= 11 is 0. The molecule has 3 atom stereocenters. The van der Waals surface area contributed by atoms with E-state index in [1.165, 1.54) is 19.3 Å². The van der Waals surface area contributed by atoms with Crippen LogP contribution in [0.25, 0.3) is 0 Å². The highest BCUT2D eigenvalue weighted by molar-refractivity contribution is 4.86. The van der Waals surface area contributed by atoms with Crippen molar-refractivity contribution in [1.82, 2.24) is 0 Å². The molecule has 0 unspecified atom stereocenters. The largest absolute Gasteiger partial charge is 0.330 e. The molecule has 1 heteroatoms. The topological polar surface area (TPSA) is 26.0 Å². The van der Waals surface area contributed by atoms with Crippen molar-refractivity contribution >= 4 is 0 Å². The van der Waals surface area contributed by atoms with E-state index < -0.39 is 0 Å². The molecule has 2 N–H and O–H groups in total. The van der Waals surface area contributed by atoms with Gasteiger partial charge in [0.1, 0.15) is 0 Å². The fraction of sp³-hybridized carbons (Fsp3) is 1.00. The first-order chi connectivity index (χ1) is 5.08. The van der Waals surface area contributed by atoms with Gasteiger partial charge in [0, 0.05) is 0 Å². The summed E-state index contributed by atoms with van der Waals surface area (Å²) < 4.78 is 0. The number of hydrogen-bond acceptors (Lipinski definition) is 1. The molecule has 0 amide bonds. The van der Waals surface area contributed by atoms with Crippen LogP contribution >= 0.6 is 0 Å². The molecule has 11 heavy (non-hydrogen) atoms. The third-order valence-electron chi connectivity index (χ3n) is 3.56. The maximum atomic E-state index is 5.79. The Bertz CT molecular complexity index is 133. The molecule has 0 aliphatic heterocycles. The molecule has 1 saturated carbocycles. The number of hydrogen-bond donors (Lipinski definition) is 1. The number of rotatable bonds is 1. The summed E-state index contributed by atoms with van der Waals surface area (Å²) in [6, 6.07) is 0. The highest BCUT2D eigenvalue weighted by Crippen LogP contribution is 2.42. The second-order valence-corrected chi connectivity index (χ2v) is 4.65. The zero-order valence-corrected chi connectivity index (χ0v) is 8.06. The second kappa shape index (κ2) is 3.14. The van der Waals surface area contributed by atoms with Gasteiger partial charge in [0.15, 0.2) is 0 Å². The average Bonchev–Trinajstić information content (AvgIpc) is 1.98. The zero-order chi connectivity index (χ0) is 8.48. The van der Waals surface area contributed by atoms with Gasteiger partial charge in [0.2, 0.25) is 0 Å². The van der Waals surface area contributed by atoms with Gasteiger partial charge in [-0.3, -0.25) is 0 Å². The van der Waals surface area contributed by atoms with E-state index in [0.717, 1.165) is 18.4 Å². The Balaban J connectivity index is 2.60. The molecule has 0 bridgehead atoms. The lowest BCUT2D eigenvalue weighted by molar-refractivity contribution is 0.103. The molecule has 1 fully saturated rings. The molecule has 0 radical (unpaired) electrons. The van der Waals surface area contributed by atoms with E-state index in [0.29, 0.717) is 5.41 Å². The Kier molecular flexibility index (Phi) is 2.58. The molecule has 0 aromatic rings. The molecular formula is C10H21N. The quantitative estimate of drug-likeness (QED) is 0.618. The van der Waals surface area contributed by atoms with Crippen LogP contribution in [0.1, 0.15) is 40.0 Å². The van der Waals surface area contributed by atoms with Crippen molar-refractivity contribution in [2.45, 2.75) is 40.0 Å². The van der Waals surface area contributed by atoms with Gasteiger partial charge in [-0.2, -0.15) is 0 Å². The maximum absolute atomic E-state index is 5.79. The second-order valence-electron chi connectivity index (χ2n) is 4.65. The highest BCUT2D eigenvalue weighted by atomic mass is 14.6. The van der Waals surface area contributed by atoms with Crippen LogP contribution in [0.4, 0.5) is 0 Å². The van der Waals surface area contributed by atoms with Gasteiger partial charge >= 0.3 is 0 Å². The van der Waals surface area contributed by atoms with E-state index in [4.69, 9.17) is 5.73 Å². The van der Waals surface area contributed by atoms with Gasteiger partial charge in [0.25, 0.3) is 0 Å². The van der Waals surface area contributed by atoms with Gasteiger partial charge in [-0.25, -0.2) is 0 Å². The van der Waals surface area contributed by atoms with Crippen molar-refractivity contribution in [3.05, 3.63) is 0 Å². The van der Waals surface area contributed by atoms with Crippen molar-refractivity contribution in [3.63, 3.8) is 0 Å². The fourth-order valence-electron chi connectivity index (χ4n) is 2.27. The molecule has 66 valence electrons. The summed E-state index contributed by atoms with van der Waals surface area (Å²) in [6.45, 7) is 7.89. The summed E-state index contributed by atoms with van der Waals surface area (Å²) in [7, 11) is 0. The third-order valence-corrected chi connectivity index (χ3v) is 3.56. The standard InChI is InChI=1S/C10H21N/c1-8-4-5-9(2)10(3,6-8)7-11/h8-9H,4-7,11H2,1-3H3/t8-,9+,10+/m1/s1. The fourth-order valence-corrected chi connectivity index (χ4v) is 2.27. The first-order valence-corrected chi connectivity index (χ1v) is 4.78. The lowest BCUT2D eigenvalue weighted by atomic mass is 9.65. The molecule has 0 aromatic heterocycles. The van der Waals surface area contributed by atoms with E-state index in [2.05, 4.69) is 20.8 Å². The maximum Gasteiger partial charge on any atom is -0.00205 e. The Morgan fingerprint density at radius 3 is 2.45 bits per heavy atom. The molecular weight excluding hydrogens is 134 g/mol. The molecule has 0 saturated heterocycles. The van der Waals surface area contributed by atoms with Crippen molar-refractivity contribution < 1.29 is 0 Å². The van der Waals surface area contributed by atoms with Crippen molar-refractivity contribution in [3.8, 4) is 0 Å². The normalized spacial score (nSPS) is 45.8. The van der Waals surface area contributed by atoms with Crippen LogP contribution in [0.2, 0.25) is 0 Å². The van der Waals surface area contributed by atoms with E-state index in [1.807, 2.05) is 0 Å². The molecule has 1 rings (SSSR count). The lowest BCUT2D eigenvalue weighted by Crippen LogP contribution is -2.38. The molecule has 0 heterocycles. The van der Waals surface area contributed by atoms with E-state index in [9.17, 15) is 0 Å². The first-order valence-electron chi connectivity index (χ1n) is 4.78. The van der Waals surface area contributed by atoms with Crippen LogP contribution in [0.3, 0.4) is 0 Å². The minimum atomic E-state index is 0.428. The van der Waals surface area contributed by atoms with Crippen LogP contribution < -0.4 is 5.73 Å².